The molecule has 162 valence electrons. The zero-order chi connectivity index (χ0) is 19.6. The van der Waals surface area contributed by atoms with Crippen LogP contribution in [0.2, 0.25) is 0 Å². The number of aryl methyl sites for hydroxylation is 2. The minimum absolute atomic E-state index is 0. The number of rotatable bonds is 5. The van der Waals surface area contributed by atoms with Gasteiger partial charge in [0.25, 0.3) is 11.5 Å². The maximum absolute atomic E-state index is 12.5. The third-order valence-corrected chi connectivity index (χ3v) is 4.99. The van der Waals surface area contributed by atoms with Crippen LogP contribution in [0.15, 0.2) is 15.7 Å². The van der Waals surface area contributed by atoms with Gasteiger partial charge in [-0.05, 0) is 31.5 Å². The molecule has 9 nitrogen and oxygen atoms in total. The Morgan fingerprint density at radius 2 is 1.83 bits per heavy atom. The van der Waals surface area contributed by atoms with Crippen LogP contribution in [0.1, 0.15) is 22.5 Å². The summed E-state index contributed by atoms with van der Waals surface area (Å²) in [6.45, 7) is 7.31. The molecule has 0 unspecified atom stereocenters. The number of pyridine rings is 1. The second-order valence-corrected chi connectivity index (χ2v) is 6.93. The molecule has 11 heteroatoms. The zero-order valence-corrected chi connectivity index (χ0v) is 18.5. The Balaban J connectivity index is 0.00000210. The van der Waals surface area contributed by atoms with E-state index in [-0.39, 0.29) is 42.1 Å². The second-order valence-electron chi connectivity index (χ2n) is 6.93. The number of nitrogens with zero attached hydrogens (tertiary/aromatic N) is 4. The summed E-state index contributed by atoms with van der Waals surface area (Å²) in [5, 5.41) is 6.55. The van der Waals surface area contributed by atoms with Crippen molar-refractivity contribution in [2.75, 3.05) is 39.3 Å². The largest absolute Gasteiger partial charge is 0.351 e. The van der Waals surface area contributed by atoms with E-state index in [1.54, 1.807) is 20.0 Å². The third-order valence-electron chi connectivity index (χ3n) is 4.99. The fourth-order valence-corrected chi connectivity index (χ4v) is 3.38. The van der Waals surface area contributed by atoms with Gasteiger partial charge in [0, 0.05) is 46.8 Å². The molecule has 2 aromatic rings. The van der Waals surface area contributed by atoms with Crippen LogP contribution in [0.5, 0.6) is 0 Å². The first kappa shape index (κ1) is 25.1. The van der Waals surface area contributed by atoms with Gasteiger partial charge in [-0.1, -0.05) is 0 Å². The van der Waals surface area contributed by atoms with Crippen molar-refractivity contribution in [2.45, 2.75) is 13.3 Å². The molecule has 1 aliphatic heterocycles. The first-order valence-electron chi connectivity index (χ1n) is 9.19. The summed E-state index contributed by atoms with van der Waals surface area (Å²) >= 11 is 0. The first-order chi connectivity index (χ1) is 12.9. The highest BCUT2D eigenvalue weighted by Crippen LogP contribution is 2.12. The van der Waals surface area contributed by atoms with Crippen LogP contribution in [0.3, 0.4) is 0 Å². The van der Waals surface area contributed by atoms with E-state index in [4.69, 9.17) is 0 Å². The van der Waals surface area contributed by atoms with Crippen molar-refractivity contribution in [1.29, 1.82) is 0 Å². The maximum Gasteiger partial charge on any atom is 0.332 e. The highest BCUT2D eigenvalue weighted by atomic mass is 35.5. The zero-order valence-electron chi connectivity index (χ0n) is 16.9. The number of hydrogen-bond acceptors (Lipinski definition) is 6. The highest BCUT2D eigenvalue weighted by Gasteiger charge is 2.16. The lowest BCUT2D eigenvalue weighted by molar-refractivity contribution is 0.0946. The molecule has 1 saturated heterocycles. The van der Waals surface area contributed by atoms with E-state index in [1.165, 1.54) is 11.6 Å². The molecule has 0 spiro atoms. The summed E-state index contributed by atoms with van der Waals surface area (Å²) in [5.74, 6) is -0.298. The Morgan fingerprint density at radius 3 is 2.48 bits per heavy atom. The third kappa shape index (κ3) is 5.36. The van der Waals surface area contributed by atoms with Crippen LogP contribution in [-0.2, 0) is 14.1 Å². The van der Waals surface area contributed by atoms with Gasteiger partial charge in [0.15, 0.2) is 0 Å². The van der Waals surface area contributed by atoms with E-state index in [1.807, 2.05) is 0 Å². The number of aromatic nitrogens is 3. The number of halogens is 2. The predicted molar refractivity (Wildman–Crippen MR) is 118 cm³/mol. The van der Waals surface area contributed by atoms with Crippen LogP contribution in [-0.4, -0.2) is 64.2 Å². The number of carbonyl (C=O) groups is 1. The molecule has 0 aromatic carbocycles. The van der Waals surface area contributed by atoms with Crippen molar-refractivity contribution in [3.63, 3.8) is 0 Å². The topological polar surface area (TPSA) is 101 Å². The number of carbonyl (C=O) groups excluding carboxylic acids is 1. The quantitative estimate of drug-likeness (QED) is 0.617. The highest BCUT2D eigenvalue weighted by molar-refractivity contribution is 5.95. The van der Waals surface area contributed by atoms with Crippen molar-refractivity contribution in [2.24, 2.45) is 14.1 Å². The minimum atomic E-state index is -0.465. The molecule has 1 amide bonds. The Morgan fingerprint density at radius 1 is 1.17 bits per heavy atom. The predicted octanol–water partition coefficient (Wildman–Crippen LogP) is -0.191. The van der Waals surface area contributed by atoms with E-state index >= 15 is 0 Å². The fraction of sp³-hybridized carbons (Fsp3) is 0.556. The molecule has 1 fully saturated rings. The molecule has 3 rings (SSSR count). The number of fused-ring (bicyclic) bond motifs is 1. The van der Waals surface area contributed by atoms with Crippen LogP contribution in [0, 0.1) is 6.92 Å². The SMILES string of the molecule is Cc1cc(C(=O)NCCCN2CCNCC2)nc2c1c(=O)n(C)c(=O)n2C.Cl.Cl. The van der Waals surface area contributed by atoms with Crippen LogP contribution in [0.4, 0.5) is 0 Å². The lowest BCUT2D eigenvalue weighted by atomic mass is 10.1. The van der Waals surface area contributed by atoms with Gasteiger partial charge in [-0.15, -0.1) is 24.8 Å². The van der Waals surface area contributed by atoms with Gasteiger partial charge in [-0.2, -0.15) is 0 Å². The van der Waals surface area contributed by atoms with E-state index in [9.17, 15) is 14.4 Å². The van der Waals surface area contributed by atoms with Crippen molar-refractivity contribution in [3.8, 4) is 0 Å². The van der Waals surface area contributed by atoms with E-state index in [0.29, 0.717) is 17.5 Å². The van der Waals surface area contributed by atoms with Crippen LogP contribution in [0.25, 0.3) is 11.0 Å². The smallest absolute Gasteiger partial charge is 0.332 e. The molecule has 0 saturated carbocycles. The minimum Gasteiger partial charge on any atom is -0.351 e. The Labute approximate surface area is 181 Å². The molecule has 2 N–H and O–H groups in total. The number of piperazine rings is 1. The Hall–Kier alpha value is -1.94. The average molecular weight is 447 g/mol. The maximum atomic E-state index is 12.5. The summed E-state index contributed by atoms with van der Waals surface area (Å²) < 4.78 is 2.35. The fourth-order valence-electron chi connectivity index (χ4n) is 3.38. The summed E-state index contributed by atoms with van der Waals surface area (Å²) in [5.41, 5.74) is 0.204. The molecule has 0 bridgehead atoms. The summed E-state index contributed by atoms with van der Waals surface area (Å²) in [7, 11) is 2.98. The monoisotopic (exact) mass is 446 g/mol. The van der Waals surface area contributed by atoms with Crippen LogP contribution >= 0.6 is 24.8 Å². The van der Waals surface area contributed by atoms with Crippen LogP contribution < -0.4 is 21.9 Å². The molecule has 2 aromatic heterocycles. The summed E-state index contributed by atoms with van der Waals surface area (Å²) in [4.78, 5) is 43.6. The van der Waals surface area contributed by atoms with Gasteiger partial charge in [0.05, 0.1) is 5.39 Å². The molecule has 1 aliphatic rings. The molecular formula is C18H28Cl2N6O3. The first-order valence-corrected chi connectivity index (χ1v) is 9.19. The molecule has 29 heavy (non-hydrogen) atoms. The average Bonchev–Trinajstić information content (AvgIpc) is 2.68. The van der Waals surface area contributed by atoms with Crippen molar-refractivity contribution in [3.05, 3.63) is 38.2 Å². The Bertz CT molecular complexity index is 982. The van der Waals surface area contributed by atoms with Gasteiger partial charge in [0.2, 0.25) is 0 Å². The summed E-state index contributed by atoms with van der Waals surface area (Å²) in [6.07, 6.45) is 0.858. The van der Waals surface area contributed by atoms with E-state index in [2.05, 4.69) is 20.5 Å². The standard InChI is InChI=1S/C18H26N6O3.2ClH/c1-12-11-13(16(25)20-5-4-8-24-9-6-19-7-10-24)21-15-14(12)17(26)23(3)18(27)22(15)2;;/h11,19H,4-10H2,1-3H3,(H,20,25);2*1H. The van der Waals surface area contributed by atoms with E-state index in [0.717, 1.165) is 43.7 Å². The molecule has 3 heterocycles. The number of nitrogens with one attached hydrogen (secondary N) is 2. The van der Waals surface area contributed by atoms with Gasteiger partial charge >= 0.3 is 5.69 Å². The molecular weight excluding hydrogens is 419 g/mol. The number of amides is 1. The second kappa shape index (κ2) is 10.7. The van der Waals surface area contributed by atoms with Gasteiger partial charge < -0.3 is 15.5 Å². The van der Waals surface area contributed by atoms with E-state index < -0.39 is 11.2 Å². The molecule has 0 radical (unpaired) electrons. The van der Waals surface area contributed by atoms with Crippen molar-refractivity contribution >= 4 is 41.8 Å². The lowest BCUT2D eigenvalue weighted by Crippen LogP contribution is -2.44. The molecule has 0 atom stereocenters. The normalized spacial score (nSPS) is 14.2. The van der Waals surface area contributed by atoms with Gasteiger partial charge in [-0.3, -0.25) is 18.7 Å². The Kier molecular flexibility index (Phi) is 9.28. The lowest BCUT2D eigenvalue weighted by Gasteiger charge is -2.27. The molecule has 0 aliphatic carbocycles. The van der Waals surface area contributed by atoms with Gasteiger partial charge in [0.1, 0.15) is 11.3 Å². The van der Waals surface area contributed by atoms with Crippen molar-refractivity contribution < 1.29 is 4.79 Å². The number of hydrogen-bond donors (Lipinski definition) is 2. The van der Waals surface area contributed by atoms with Crippen molar-refractivity contribution in [1.82, 2.24) is 29.7 Å². The summed E-state index contributed by atoms with van der Waals surface area (Å²) in [6, 6.07) is 1.60. The van der Waals surface area contributed by atoms with Gasteiger partial charge in [-0.25, -0.2) is 9.78 Å².